The van der Waals surface area contributed by atoms with Crippen molar-refractivity contribution in [2.75, 3.05) is 31.3 Å². The molecule has 2 N–H and O–H groups in total. The van der Waals surface area contributed by atoms with Gasteiger partial charge in [-0.05, 0) is 13.3 Å². The molecule has 0 saturated heterocycles. The van der Waals surface area contributed by atoms with Gasteiger partial charge in [-0.15, -0.1) is 0 Å². The highest BCUT2D eigenvalue weighted by Crippen LogP contribution is 2.13. The summed E-state index contributed by atoms with van der Waals surface area (Å²) >= 11 is 0. The van der Waals surface area contributed by atoms with Crippen LogP contribution in [0.2, 0.25) is 0 Å². The number of nitrogens with zero attached hydrogens (tertiary/aromatic N) is 3. The lowest BCUT2D eigenvalue weighted by molar-refractivity contribution is -0.129. The Morgan fingerprint density at radius 2 is 2.21 bits per heavy atom. The Bertz CT molecular complexity index is 438. The number of anilines is 2. The minimum Gasteiger partial charge on any atom is -0.356 e. The molecule has 1 aromatic rings. The summed E-state index contributed by atoms with van der Waals surface area (Å²) in [5, 5.41) is 5.71. The van der Waals surface area contributed by atoms with Crippen LogP contribution in [0, 0.1) is 5.82 Å². The maximum atomic E-state index is 13.6. The minimum atomic E-state index is -0.583. The number of hydrogen-bond acceptors (Lipinski definition) is 5. The van der Waals surface area contributed by atoms with Gasteiger partial charge in [0, 0.05) is 20.6 Å². The SMILES string of the molecule is CCCNc1ncc(F)c(NC(C)C(=O)N(C)C)n1. The Labute approximate surface area is 112 Å². The van der Waals surface area contributed by atoms with Gasteiger partial charge in [-0.3, -0.25) is 4.79 Å². The molecule has 19 heavy (non-hydrogen) atoms. The summed E-state index contributed by atoms with van der Waals surface area (Å²) in [6.07, 6.45) is 2.00. The minimum absolute atomic E-state index is 0.0244. The van der Waals surface area contributed by atoms with E-state index in [4.69, 9.17) is 0 Å². The van der Waals surface area contributed by atoms with Gasteiger partial charge in [-0.1, -0.05) is 6.92 Å². The van der Waals surface area contributed by atoms with Crippen molar-refractivity contribution in [2.45, 2.75) is 26.3 Å². The van der Waals surface area contributed by atoms with Crippen molar-refractivity contribution in [2.24, 2.45) is 0 Å². The van der Waals surface area contributed by atoms with E-state index in [9.17, 15) is 9.18 Å². The Balaban J connectivity index is 2.79. The van der Waals surface area contributed by atoms with Crippen LogP contribution in [0.5, 0.6) is 0 Å². The highest BCUT2D eigenvalue weighted by Gasteiger charge is 2.17. The van der Waals surface area contributed by atoms with Crippen molar-refractivity contribution in [3.05, 3.63) is 12.0 Å². The number of nitrogens with one attached hydrogen (secondary N) is 2. The van der Waals surface area contributed by atoms with Gasteiger partial charge in [0.25, 0.3) is 0 Å². The molecule has 0 saturated carbocycles. The summed E-state index contributed by atoms with van der Waals surface area (Å²) in [6.45, 7) is 4.37. The van der Waals surface area contributed by atoms with Crippen molar-refractivity contribution in [3.8, 4) is 0 Å². The monoisotopic (exact) mass is 269 g/mol. The molecule has 6 nitrogen and oxygen atoms in total. The molecular weight excluding hydrogens is 249 g/mol. The molecule has 0 radical (unpaired) electrons. The predicted molar refractivity (Wildman–Crippen MR) is 72.5 cm³/mol. The molecule has 1 aromatic heterocycles. The van der Waals surface area contributed by atoms with E-state index in [1.807, 2.05) is 6.92 Å². The number of carbonyl (C=O) groups is 1. The number of amides is 1. The number of aromatic nitrogens is 2. The first-order chi connectivity index (χ1) is 8.95. The molecule has 7 heteroatoms. The lowest BCUT2D eigenvalue weighted by atomic mass is 10.3. The van der Waals surface area contributed by atoms with Crippen molar-refractivity contribution in [1.29, 1.82) is 0 Å². The zero-order chi connectivity index (χ0) is 14.4. The zero-order valence-electron chi connectivity index (χ0n) is 11.7. The molecule has 0 aromatic carbocycles. The molecular formula is C12H20FN5O. The first kappa shape index (κ1) is 15.1. The van der Waals surface area contributed by atoms with Crippen molar-refractivity contribution in [1.82, 2.24) is 14.9 Å². The van der Waals surface area contributed by atoms with Crippen LogP contribution in [0.3, 0.4) is 0 Å². The standard InChI is InChI=1S/C12H20FN5O/c1-5-6-14-12-15-7-9(13)10(17-12)16-8(2)11(19)18(3)4/h7-8H,5-6H2,1-4H3,(H2,14,15,16,17). The Morgan fingerprint density at radius 3 is 2.79 bits per heavy atom. The number of hydrogen-bond donors (Lipinski definition) is 2. The maximum Gasteiger partial charge on any atom is 0.244 e. The van der Waals surface area contributed by atoms with Gasteiger partial charge >= 0.3 is 0 Å². The van der Waals surface area contributed by atoms with Crippen LogP contribution >= 0.6 is 0 Å². The smallest absolute Gasteiger partial charge is 0.244 e. The fourth-order valence-corrected chi connectivity index (χ4v) is 1.44. The average Bonchev–Trinajstić information content (AvgIpc) is 2.38. The molecule has 1 rings (SSSR count). The molecule has 0 aliphatic carbocycles. The Morgan fingerprint density at radius 1 is 1.53 bits per heavy atom. The summed E-state index contributed by atoms with van der Waals surface area (Å²) in [7, 11) is 3.29. The summed E-state index contributed by atoms with van der Waals surface area (Å²) in [5.74, 6) is -0.368. The lowest BCUT2D eigenvalue weighted by Crippen LogP contribution is -2.37. The molecule has 1 atom stereocenters. The van der Waals surface area contributed by atoms with Gasteiger partial charge in [-0.2, -0.15) is 4.98 Å². The van der Waals surface area contributed by atoms with Crippen LogP contribution in [0.4, 0.5) is 16.2 Å². The van der Waals surface area contributed by atoms with Crippen molar-refractivity contribution < 1.29 is 9.18 Å². The number of carbonyl (C=O) groups excluding carboxylic acids is 1. The van der Waals surface area contributed by atoms with Crippen LogP contribution in [0.25, 0.3) is 0 Å². The van der Waals surface area contributed by atoms with E-state index in [-0.39, 0.29) is 11.7 Å². The quantitative estimate of drug-likeness (QED) is 0.815. The average molecular weight is 269 g/mol. The molecule has 106 valence electrons. The van der Waals surface area contributed by atoms with Gasteiger partial charge in [0.1, 0.15) is 6.04 Å². The molecule has 1 amide bonds. The van der Waals surface area contributed by atoms with Crippen molar-refractivity contribution >= 4 is 17.7 Å². The van der Waals surface area contributed by atoms with Crippen LogP contribution in [0.15, 0.2) is 6.20 Å². The van der Waals surface area contributed by atoms with E-state index in [1.165, 1.54) is 4.90 Å². The Hall–Kier alpha value is -1.92. The molecule has 0 spiro atoms. The second-order valence-electron chi connectivity index (χ2n) is 4.42. The fourth-order valence-electron chi connectivity index (χ4n) is 1.44. The van der Waals surface area contributed by atoms with E-state index in [0.29, 0.717) is 12.5 Å². The van der Waals surface area contributed by atoms with Gasteiger partial charge in [-0.25, -0.2) is 9.37 Å². The number of rotatable bonds is 6. The van der Waals surface area contributed by atoms with Crippen LogP contribution in [-0.4, -0.2) is 47.5 Å². The van der Waals surface area contributed by atoms with Crippen molar-refractivity contribution in [3.63, 3.8) is 0 Å². The molecule has 0 aliphatic heterocycles. The third-order valence-electron chi connectivity index (χ3n) is 2.44. The summed E-state index contributed by atoms with van der Waals surface area (Å²) in [6, 6.07) is -0.557. The summed E-state index contributed by atoms with van der Waals surface area (Å²) in [4.78, 5) is 21.0. The first-order valence-electron chi connectivity index (χ1n) is 6.19. The second-order valence-corrected chi connectivity index (χ2v) is 4.42. The molecule has 0 fully saturated rings. The first-order valence-corrected chi connectivity index (χ1v) is 6.19. The lowest BCUT2D eigenvalue weighted by Gasteiger charge is -2.18. The number of likely N-dealkylation sites (N-methyl/N-ethyl adjacent to an activating group) is 1. The largest absolute Gasteiger partial charge is 0.356 e. The Kier molecular flexibility index (Phi) is 5.47. The van der Waals surface area contributed by atoms with Crippen LogP contribution < -0.4 is 10.6 Å². The van der Waals surface area contributed by atoms with E-state index in [0.717, 1.165) is 12.6 Å². The molecule has 1 unspecified atom stereocenters. The molecule has 0 bridgehead atoms. The normalized spacial score (nSPS) is 11.8. The van der Waals surface area contributed by atoms with E-state index < -0.39 is 11.9 Å². The highest BCUT2D eigenvalue weighted by atomic mass is 19.1. The van der Waals surface area contributed by atoms with Gasteiger partial charge in [0.15, 0.2) is 11.6 Å². The van der Waals surface area contributed by atoms with Gasteiger partial charge < -0.3 is 15.5 Å². The third kappa shape index (κ3) is 4.35. The molecule has 1 heterocycles. The van der Waals surface area contributed by atoms with Gasteiger partial charge in [0.05, 0.1) is 6.20 Å². The summed E-state index contributed by atoms with van der Waals surface area (Å²) in [5.41, 5.74) is 0. The topological polar surface area (TPSA) is 70.2 Å². The van der Waals surface area contributed by atoms with Gasteiger partial charge in [0.2, 0.25) is 11.9 Å². The number of halogens is 1. The molecule has 0 aliphatic rings. The van der Waals surface area contributed by atoms with Crippen LogP contribution in [0.1, 0.15) is 20.3 Å². The van der Waals surface area contributed by atoms with E-state index >= 15 is 0 Å². The van der Waals surface area contributed by atoms with E-state index in [2.05, 4.69) is 20.6 Å². The predicted octanol–water partition coefficient (Wildman–Crippen LogP) is 1.33. The summed E-state index contributed by atoms with van der Waals surface area (Å²) < 4.78 is 13.6. The maximum absolute atomic E-state index is 13.6. The second kappa shape index (κ2) is 6.86. The zero-order valence-corrected chi connectivity index (χ0v) is 11.7. The third-order valence-corrected chi connectivity index (χ3v) is 2.44. The fraction of sp³-hybridized carbons (Fsp3) is 0.583. The van der Waals surface area contributed by atoms with E-state index in [1.54, 1.807) is 21.0 Å². The van der Waals surface area contributed by atoms with Crippen LogP contribution in [-0.2, 0) is 4.79 Å². The highest BCUT2D eigenvalue weighted by molar-refractivity contribution is 5.83.